The average Bonchev–Trinajstić information content (AvgIpc) is 2.62. The van der Waals surface area contributed by atoms with Crippen LogP contribution in [0.25, 0.3) is 10.9 Å². The van der Waals surface area contributed by atoms with Crippen LogP contribution in [0.3, 0.4) is 0 Å². The molecule has 3 rings (SSSR count). The standard InChI is InChI=1S/C19H15BrN2O3/c20-14-8-5-12(6-9-14)11-17(19(24)25)22-18(23)16-10-7-13-3-1-2-4-15(13)21-16/h1-10,17H,11H2,(H,22,23)(H,24,25)/t17-/m1/s1. The van der Waals surface area contributed by atoms with Gasteiger partial charge < -0.3 is 10.4 Å². The molecule has 0 aliphatic carbocycles. The van der Waals surface area contributed by atoms with Crippen molar-refractivity contribution < 1.29 is 14.7 Å². The number of nitrogens with one attached hydrogen (secondary N) is 1. The van der Waals surface area contributed by atoms with E-state index in [4.69, 9.17) is 0 Å². The van der Waals surface area contributed by atoms with Crippen molar-refractivity contribution in [3.05, 3.63) is 76.4 Å². The Bertz CT molecular complexity index is 925. The van der Waals surface area contributed by atoms with Gasteiger partial charge in [-0.1, -0.05) is 52.3 Å². The zero-order valence-corrected chi connectivity index (χ0v) is 14.7. The van der Waals surface area contributed by atoms with E-state index in [9.17, 15) is 14.7 Å². The van der Waals surface area contributed by atoms with Crippen LogP contribution in [0.2, 0.25) is 0 Å². The van der Waals surface area contributed by atoms with E-state index < -0.39 is 17.9 Å². The summed E-state index contributed by atoms with van der Waals surface area (Å²) in [4.78, 5) is 28.2. The first-order chi connectivity index (χ1) is 12.0. The molecule has 2 N–H and O–H groups in total. The smallest absolute Gasteiger partial charge is 0.326 e. The molecule has 6 heteroatoms. The molecular formula is C19H15BrN2O3. The molecule has 0 fully saturated rings. The second-order valence-electron chi connectivity index (χ2n) is 5.58. The SMILES string of the molecule is O=C(N[C@H](Cc1ccc(Br)cc1)C(=O)O)c1ccc2ccccc2n1. The van der Waals surface area contributed by atoms with E-state index in [1.807, 2.05) is 48.5 Å². The van der Waals surface area contributed by atoms with Crippen molar-refractivity contribution in [2.45, 2.75) is 12.5 Å². The van der Waals surface area contributed by atoms with Gasteiger partial charge in [0.2, 0.25) is 0 Å². The number of carboxylic acid groups (broad SMARTS) is 1. The van der Waals surface area contributed by atoms with Gasteiger partial charge in [-0.15, -0.1) is 0 Å². The predicted octanol–water partition coefficient (Wildman–Crippen LogP) is 3.42. The Morgan fingerprint density at radius 2 is 1.76 bits per heavy atom. The quantitative estimate of drug-likeness (QED) is 0.689. The maximum Gasteiger partial charge on any atom is 0.326 e. The van der Waals surface area contributed by atoms with Crippen molar-refractivity contribution in [3.8, 4) is 0 Å². The summed E-state index contributed by atoms with van der Waals surface area (Å²) in [6.45, 7) is 0. The molecule has 2 aromatic carbocycles. The van der Waals surface area contributed by atoms with Gasteiger partial charge in [0, 0.05) is 16.3 Å². The zero-order valence-electron chi connectivity index (χ0n) is 13.1. The second kappa shape index (κ2) is 7.44. The molecule has 25 heavy (non-hydrogen) atoms. The number of carboxylic acids is 1. The third-order valence-corrected chi connectivity index (χ3v) is 4.32. The van der Waals surface area contributed by atoms with Gasteiger partial charge >= 0.3 is 5.97 Å². The van der Waals surface area contributed by atoms with Crippen LogP contribution in [0.5, 0.6) is 0 Å². The molecule has 1 amide bonds. The Balaban J connectivity index is 1.77. The molecule has 0 bridgehead atoms. The fourth-order valence-corrected chi connectivity index (χ4v) is 2.75. The molecule has 0 aliphatic rings. The van der Waals surface area contributed by atoms with Crippen molar-refractivity contribution in [1.82, 2.24) is 10.3 Å². The van der Waals surface area contributed by atoms with Crippen molar-refractivity contribution in [2.24, 2.45) is 0 Å². The summed E-state index contributed by atoms with van der Waals surface area (Å²) in [5, 5.41) is 12.9. The molecular weight excluding hydrogens is 384 g/mol. The highest BCUT2D eigenvalue weighted by Gasteiger charge is 2.21. The molecule has 1 aromatic heterocycles. The number of hydrogen-bond donors (Lipinski definition) is 2. The molecule has 0 unspecified atom stereocenters. The minimum atomic E-state index is -1.09. The van der Waals surface area contributed by atoms with Gasteiger partial charge in [-0.2, -0.15) is 0 Å². The van der Waals surface area contributed by atoms with Crippen molar-refractivity contribution in [3.63, 3.8) is 0 Å². The minimum Gasteiger partial charge on any atom is -0.480 e. The van der Waals surface area contributed by atoms with E-state index in [1.165, 1.54) is 0 Å². The van der Waals surface area contributed by atoms with Gasteiger partial charge in [0.15, 0.2) is 0 Å². The summed E-state index contributed by atoms with van der Waals surface area (Å²) < 4.78 is 0.910. The lowest BCUT2D eigenvalue weighted by Gasteiger charge is -2.14. The van der Waals surface area contributed by atoms with E-state index in [0.717, 1.165) is 15.4 Å². The largest absolute Gasteiger partial charge is 0.480 e. The molecule has 126 valence electrons. The van der Waals surface area contributed by atoms with Gasteiger partial charge in [-0.3, -0.25) is 4.79 Å². The van der Waals surface area contributed by atoms with Crippen molar-refractivity contribution >= 4 is 38.7 Å². The summed E-state index contributed by atoms with van der Waals surface area (Å²) in [7, 11) is 0. The number of amides is 1. The molecule has 1 atom stereocenters. The molecule has 1 heterocycles. The monoisotopic (exact) mass is 398 g/mol. The highest BCUT2D eigenvalue weighted by Crippen LogP contribution is 2.14. The van der Waals surface area contributed by atoms with Gasteiger partial charge in [0.05, 0.1) is 5.52 Å². The number of aromatic nitrogens is 1. The van der Waals surface area contributed by atoms with Gasteiger partial charge in [-0.25, -0.2) is 9.78 Å². The number of fused-ring (bicyclic) bond motifs is 1. The number of nitrogens with zero attached hydrogens (tertiary/aromatic N) is 1. The Morgan fingerprint density at radius 3 is 2.48 bits per heavy atom. The van der Waals surface area contributed by atoms with Crippen LogP contribution < -0.4 is 5.32 Å². The van der Waals surface area contributed by atoms with Gasteiger partial charge in [-0.05, 0) is 29.8 Å². The zero-order chi connectivity index (χ0) is 17.8. The number of halogens is 1. The molecule has 0 spiro atoms. The fourth-order valence-electron chi connectivity index (χ4n) is 2.48. The average molecular weight is 399 g/mol. The predicted molar refractivity (Wildman–Crippen MR) is 98.5 cm³/mol. The topological polar surface area (TPSA) is 79.3 Å². The fraction of sp³-hybridized carbons (Fsp3) is 0.105. The number of pyridine rings is 1. The van der Waals surface area contributed by atoms with E-state index in [0.29, 0.717) is 5.52 Å². The number of para-hydroxylation sites is 1. The summed E-state index contributed by atoms with van der Waals surface area (Å²) in [6.07, 6.45) is 0.196. The minimum absolute atomic E-state index is 0.195. The number of carbonyl (C=O) groups is 2. The maximum atomic E-state index is 12.4. The van der Waals surface area contributed by atoms with E-state index in [1.54, 1.807) is 12.1 Å². The Kier molecular flexibility index (Phi) is 5.09. The molecule has 0 saturated heterocycles. The second-order valence-corrected chi connectivity index (χ2v) is 6.50. The maximum absolute atomic E-state index is 12.4. The van der Waals surface area contributed by atoms with Crippen LogP contribution in [-0.2, 0) is 11.2 Å². The van der Waals surface area contributed by atoms with E-state index >= 15 is 0 Å². The molecule has 5 nitrogen and oxygen atoms in total. The highest BCUT2D eigenvalue weighted by molar-refractivity contribution is 9.10. The van der Waals surface area contributed by atoms with Crippen LogP contribution in [0, 0.1) is 0 Å². The lowest BCUT2D eigenvalue weighted by atomic mass is 10.1. The first kappa shape index (κ1) is 17.1. The third-order valence-electron chi connectivity index (χ3n) is 3.79. The third kappa shape index (κ3) is 4.22. The Hall–Kier alpha value is -2.73. The Labute approximate surface area is 152 Å². The number of hydrogen-bond acceptors (Lipinski definition) is 3. The summed E-state index contributed by atoms with van der Waals surface area (Å²) >= 11 is 3.34. The van der Waals surface area contributed by atoms with Crippen LogP contribution in [-0.4, -0.2) is 28.0 Å². The van der Waals surface area contributed by atoms with E-state index in [-0.39, 0.29) is 12.1 Å². The highest BCUT2D eigenvalue weighted by atomic mass is 79.9. The number of carbonyl (C=O) groups excluding carboxylic acids is 1. The van der Waals surface area contributed by atoms with Crippen LogP contribution in [0.15, 0.2) is 65.1 Å². The summed E-state index contributed by atoms with van der Waals surface area (Å²) in [6, 6.07) is 17.1. The van der Waals surface area contributed by atoms with Crippen molar-refractivity contribution in [2.75, 3.05) is 0 Å². The van der Waals surface area contributed by atoms with Gasteiger partial charge in [0.25, 0.3) is 5.91 Å². The summed E-state index contributed by atoms with van der Waals surface area (Å²) in [5.41, 5.74) is 1.71. The van der Waals surface area contributed by atoms with Crippen LogP contribution in [0.4, 0.5) is 0 Å². The molecule has 0 aliphatic heterocycles. The van der Waals surface area contributed by atoms with Crippen molar-refractivity contribution in [1.29, 1.82) is 0 Å². The van der Waals surface area contributed by atoms with Gasteiger partial charge in [0.1, 0.15) is 11.7 Å². The van der Waals surface area contributed by atoms with Crippen LogP contribution >= 0.6 is 15.9 Å². The Morgan fingerprint density at radius 1 is 1.04 bits per heavy atom. The number of benzene rings is 2. The first-order valence-corrected chi connectivity index (χ1v) is 8.46. The first-order valence-electron chi connectivity index (χ1n) is 7.67. The normalized spacial score (nSPS) is 11.9. The summed E-state index contributed by atoms with van der Waals surface area (Å²) in [5.74, 6) is -1.59. The van der Waals surface area contributed by atoms with Crippen LogP contribution in [0.1, 0.15) is 16.1 Å². The lowest BCUT2D eigenvalue weighted by molar-refractivity contribution is -0.139. The number of rotatable bonds is 5. The number of aliphatic carboxylic acids is 1. The molecule has 0 saturated carbocycles. The molecule has 3 aromatic rings. The lowest BCUT2D eigenvalue weighted by Crippen LogP contribution is -2.42. The molecule has 0 radical (unpaired) electrons. The van der Waals surface area contributed by atoms with E-state index in [2.05, 4.69) is 26.2 Å².